The summed E-state index contributed by atoms with van der Waals surface area (Å²) in [5.74, 6) is 0.379. The van der Waals surface area contributed by atoms with Crippen molar-refractivity contribution in [1.29, 1.82) is 0 Å². The van der Waals surface area contributed by atoms with Crippen molar-refractivity contribution in [3.8, 4) is 0 Å². The first-order valence-corrected chi connectivity index (χ1v) is 3.93. The van der Waals surface area contributed by atoms with Crippen LogP contribution in [-0.2, 0) is 4.79 Å². The van der Waals surface area contributed by atoms with Gasteiger partial charge < -0.3 is 11.5 Å². The normalized spacial score (nSPS) is 46.6. The molecule has 1 fully saturated rings. The largest absolute Gasteiger partial charge is 0.369 e. The Kier molecular flexibility index (Phi) is 1.29. The van der Waals surface area contributed by atoms with E-state index in [0.717, 1.165) is 6.42 Å². The van der Waals surface area contributed by atoms with Crippen molar-refractivity contribution in [2.75, 3.05) is 0 Å². The van der Waals surface area contributed by atoms with Gasteiger partial charge in [-0.25, -0.2) is 0 Å². The lowest BCUT2D eigenvalue weighted by Gasteiger charge is -2.20. The zero-order valence-corrected chi connectivity index (χ0v) is 6.23. The topological polar surface area (TPSA) is 69.1 Å². The summed E-state index contributed by atoms with van der Waals surface area (Å²) in [6, 6.07) is -0.0255. The van der Waals surface area contributed by atoms with Gasteiger partial charge in [-0.1, -0.05) is 12.2 Å². The van der Waals surface area contributed by atoms with E-state index in [0.29, 0.717) is 11.8 Å². The molecule has 0 unspecified atom stereocenters. The van der Waals surface area contributed by atoms with Crippen LogP contribution < -0.4 is 11.5 Å². The van der Waals surface area contributed by atoms with Crippen LogP contribution >= 0.6 is 0 Å². The summed E-state index contributed by atoms with van der Waals surface area (Å²) in [5.41, 5.74) is 11.0. The molecule has 2 rings (SSSR count). The zero-order valence-electron chi connectivity index (χ0n) is 6.23. The van der Waals surface area contributed by atoms with Crippen LogP contribution in [0.1, 0.15) is 6.42 Å². The minimum atomic E-state index is -0.241. The zero-order chi connectivity index (χ0) is 8.01. The Morgan fingerprint density at radius 1 is 1.36 bits per heavy atom. The van der Waals surface area contributed by atoms with Crippen LogP contribution in [0.5, 0.6) is 0 Å². The first-order chi connectivity index (χ1) is 5.20. The minimum absolute atomic E-state index is 0.0255. The third-order valence-corrected chi connectivity index (χ3v) is 2.85. The van der Waals surface area contributed by atoms with E-state index in [-0.39, 0.29) is 17.9 Å². The molecule has 0 aliphatic heterocycles. The number of hydrogen-bond donors (Lipinski definition) is 2. The molecule has 2 bridgehead atoms. The monoisotopic (exact) mass is 152 g/mol. The Balaban J connectivity index is 2.25. The van der Waals surface area contributed by atoms with Gasteiger partial charge in [-0.2, -0.15) is 0 Å². The van der Waals surface area contributed by atoms with Gasteiger partial charge >= 0.3 is 0 Å². The van der Waals surface area contributed by atoms with Crippen LogP contribution in [0.3, 0.4) is 0 Å². The van der Waals surface area contributed by atoms with Gasteiger partial charge in [-0.15, -0.1) is 0 Å². The molecule has 0 heterocycles. The van der Waals surface area contributed by atoms with Gasteiger partial charge in [-0.3, -0.25) is 4.79 Å². The maximum absolute atomic E-state index is 10.9. The van der Waals surface area contributed by atoms with Crippen LogP contribution in [0.25, 0.3) is 0 Å². The minimum Gasteiger partial charge on any atom is -0.369 e. The Morgan fingerprint density at radius 3 is 2.36 bits per heavy atom. The fraction of sp³-hybridized carbons (Fsp3) is 0.625. The summed E-state index contributed by atoms with van der Waals surface area (Å²) in [4.78, 5) is 10.9. The molecule has 2 aliphatic rings. The molecule has 0 saturated heterocycles. The molecule has 3 nitrogen and oxygen atoms in total. The molecule has 4 N–H and O–H groups in total. The average molecular weight is 152 g/mol. The van der Waals surface area contributed by atoms with Crippen molar-refractivity contribution >= 4 is 5.91 Å². The highest BCUT2D eigenvalue weighted by Gasteiger charge is 2.45. The van der Waals surface area contributed by atoms with Gasteiger partial charge in [0, 0.05) is 6.04 Å². The fourth-order valence-electron chi connectivity index (χ4n) is 2.26. The third-order valence-electron chi connectivity index (χ3n) is 2.85. The van der Waals surface area contributed by atoms with Crippen molar-refractivity contribution in [2.24, 2.45) is 29.2 Å². The molecule has 1 saturated carbocycles. The first kappa shape index (κ1) is 6.85. The number of primary amides is 1. The van der Waals surface area contributed by atoms with E-state index in [1.54, 1.807) is 0 Å². The summed E-state index contributed by atoms with van der Waals surface area (Å²) >= 11 is 0. The summed E-state index contributed by atoms with van der Waals surface area (Å²) in [7, 11) is 0. The first-order valence-electron chi connectivity index (χ1n) is 3.93. The second kappa shape index (κ2) is 2.08. The van der Waals surface area contributed by atoms with Gasteiger partial charge in [0.25, 0.3) is 0 Å². The van der Waals surface area contributed by atoms with Crippen LogP contribution in [0.2, 0.25) is 0 Å². The van der Waals surface area contributed by atoms with Gasteiger partial charge in [0.1, 0.15) is 0 Å². The SMILES string of the molecule is NC(=O)[C@@H]1[C@@H](N)[C@H]2C=C[C@@H]1C2. The number of nitrogens with two attached hydrogens (primary N) is 2. The Labute approximate surface area is 65.4 Å². The number of amides is 1. The Hall–Kier alpha value is -0.830. The number of fused-ring (bicyclic) bond motifs is 2. The molecule has 60 valence electrons. The van der Waals surface area contributed by atoms with Gasteiger partial charge in [0.05, 0.1) is 5.92 Å². The lowest BCUT2D eigenvalue weighted by molar-refractivity contribution is -0.122. The van der Waals surface area contributed by atoms with E-state index in [2.05, 4.69) is 12.2 Å². The highest BCUT2D eigenvalue weighted by Crippen LogP contribution is 2.42. The van der Waals surface area contributed by atoms with Crippen molar-refractivity contribution in [3.63, 3.8) is 0 Å². The molecule has 0 aromatic rings. The van der Waals surface area contributed by atoms with E-state index in [1.165, 1.54) is 0 Å². The lowest BCUT2D eigenvalue weighted by atomic mass is 9.89. The molecule has 1 amide bonds. The standard InChI is InChI=1S/C8H12N2O/c9-7-5-2-1-4(3-5)6(7)8(10)11/h1-2,4-7H,3,9H2,(H2,10,11)/t4-,5+,6+,7+/m1/s1. The molecular weight excluding hydrogens is 140 g/mol. The summed E-state index contributed by atoms with van der Waals surface area (Å²) < 4.78 is 0. The molecule has 0 aromatic heterocycles. The number of carbonyl (C=O) groups is 1. The van der Waals surface area contributed by atoms with E-state index in [1.807, 2.05) is 0 Å². The van der Waals surface area contributed by atoms with E-state index in [9.17, 15) is 4.79 Å². The summed E-state index contributed by atoms with van der Waals surface area (Å²) in [5, 5.41) is 0. The van der Waals surface area contributed by atoms with E-state index in [4.69, 9.17) is 11.5 Å². The molecule has 3 heteroatoms. The van der Waals surface area contributed by atoms with E-state index >= 15 is 0 Å². The summed E-state index contributed by atoms with van der Waals surface area (Å²) in [6.45, 7) is 0. The van der Waals surface area contributed by atoms with Crippen LogP contribution in [-0.4, -0.2) is 11.9 Å². The molecule has 0 radical (unpaired) electrons. The van der Waals surface area contributed by atoms with Crippen LogP contribution in [0, 0.1) is 17.8 Å². The number of allylic oxidation sites excluding steroid dienone is 1. The summed E-state index contributed by atoms with van der Waals surface area (Å²) in [6.07, 6.45) is 5.20. The fourth-order valence-corrected chi connectivity index (χ4v) is 2.26. The maximum atomic E-state index is 10.9. The quantitative estimate of drug-likeness (QED) is 0.503. The van der Waals surface area contributed by atoms with Crippen LogP contribution in [0.15, 0.2) is 12.2 Å². The molecule has 2 aliphatic carbocycles. The number of carbonyl (C=O) groups excluding carboxylic acids is 1. The number of rotatable bonds is 1. The third kappa shape index (κ3) is 0.807. The average Bonchev–Trinajstić information content (AvgIpc) is 2.44. The van der Waals surface area contributed by atoms with Crippen molar-refractivity contribution in [1.82, 2.24) is 0 Å². The highest BCUT2D eigenvalue weighted by atomic mass is 16.1. The highest BCUT2D eigenvalue weighted by molar-refractivity contribution is 5.79. The maximum Gasteiger partial charge on any atom is 0.222 e. The number of hydrogen-bond acceptors (Lipinski definition) is 2. The second-order valence-corrected chi connectivity index (χ2v) is 3.45. The molecule has 11 heavy (non-hydrogen) atoms. The van der Waals surface area contributed by atoms with Gasteiger partial charge in [-0.05, 0) is 18.3 Å². The molecular formula is C8H12N2O. The van der Waals surface area contributed by atoms with Crippen molar-refractivity contribution in [2.45, 2.75) is 12.5 Å². The van der Waals surface area contributed by atoms with Gasteiger partial charge in [0.15, 0.2) is 0 Å². The predicted molar refractivity (Wildman–Crippen MR) is 41.4 cm³/mol. The smallest absolute Gasteiger partial charge is 0.222 e. The lowest BCUT2D eigenvalue weighted by Crippen LogP contribution is -2.41. The molecule has 0 spiro atoms. The van der Waals surface area contributed by atoms with Gasteiger partial charge in [0.2, 0.25) is 5.91 Å². The van der Waals surface area contributed by atoms with Crippen LogP contribution in [0.4, 0.5) is 0 Å². The second-order valence-electron chi connectivity index (χ2n) is 3.45. The molecule has 0 aromatic carbocycles. The Bertz CT molecular complexity index is 224. The van der Waals surface area contributed by atoms with Crippen molar-refractivity contribution < 1.29 is 4.79 Å². The van der Waals surface area contributed by atoms with Crippen molar-refractivity contribution in [3.05, 3.63) is 12.2 Å². The van der Waals surface area contributed by atoms with E-state index < -0.39 is 0 Å². The molecule has 4 atom stereocenters. The predicted octanol–water partition coefficient (Wildman–Crippen LogP) is -0.379. The Morgan fingerprint density at radius 2 is 2.00 bits per heavy atom.